The first-order chi connectivity index (χ1) is 6.04. The number of carbonyl (C=O) groups excluding carboxylic acids is 1. The molecular weight excluding hydrogens is 230 g/mol. The zero-order valence-corrected chi connectivity index (χ0v) is 9.27. The Morgan fingerprint density at radius 1 is 1.15 bits per heavy atom. The van der Waals surface area contributed by atoms with Crippen LogP contribution in [0.4, 0.5) is 0 Å². The van der Waals surface area contributed by atoms with Gasteiger partial charge < -0.3 is 0 Å². The van der Waals surface area contributed by atoms with Gasteiger partial charge in [0.15, 0.2) is 10.1 Å². The van der Waals surface area contributed by atoms with Crippen LogP contribution in [-0.2, 0) is 0 Å². The Hall–Kier alpha value is -0.240. The van der Waals surface area contributed by atoms with Gasteiger partial charge in [-0.3, -0.25) is 4.79 Å². The van der Waals surface area contributed by atoms with E-state index in [1.807, 2.05) is 30.3 Å². The van der Waals surface area contributed by atoms with Crippen molar-refractivity contribution in [1.82, 2.24) is 0 Å². The fraction of sp³-hybridized carbons (Fsp3) is 0.222. The molecule has 0 spiro atoms. The maximum atomic E-state index is 10.6. The van der Waals surface area contributed by atoms with Gasteiger partial charge in [-0.15, -0.1) is 0 Å². The summed E-state index contributed by atoms with van der Waals surface area (Å²) in [5, 5.41) is 0. The highest BCUT2D eigenvalue weighted by Crippen LogP contribution is 2.03. The van der Waals surface area contributed by atoms with Gasteiger partial charge in [0.05, 0.1) is 0 Å². The van der Waals surface area contributed by atoms with E-state index >= 15 is 0 Å². The number of benzene rings is 1. The average molecular weight is 240 g/mol. The third-order valence-corrected chi connectivity index (χ3v) is 1.18. The summed E-state index contributed by atoms with van der Waals surface area (Å²) in [5.41, 5.74) is 0.775. The van der Waals surface area contributed by atoms with Crippen LogP contribution < -0.4 is 0 Å². The van der Waals surface area contributed by atoms with E-state index in [-0.39, 0.29) is 5.78 Å². The molecular formula is C9H9Cl3O. The molecule has 0 aliphatic heterocycles. The van der Waals surface area contributed by atoms with Gasteiger partial charge in [-0.05, 0) is 6.92 Å². The molecule has 0 saturated carbocycles. The van der Waals surface area contributed by atoms with E-state index in [2.05, 4.69) is 0 Å². The van der Waals surface area contributed by atoms with Crippen molar-refractivity contribution in [3.63, 3.8) is 0 Å². The smallest absolute Gasteiger partial charge is 0.180 e. The van der Waals surface area contributed by atoms with Gasteiger partial charge in [0.25, 0.3) is 0 Å². The molecule has 13 heavy (non-hydrogen) atoms. The van der Waals surface area contributed by atoms with Gasteiger partial charge in [0.1, 0.15) is 0 Å². The molecule has 0 atom stereocenters. The summed E-state index contributed by atoms with van der Waals surface area (Å²) in [6.45, 7) is 1.56. The molecule has 0 fully saturated rings. The topological polar surface area (TPSA) is 17.1 Å². The summed E-state index contributed by atoms with van der Waals surface area (Å²) in [6, 6.07) is 9.23. The normalized spacial score (nSPS) is 9.00. The lowest BCUT2D eigenvalue weighted by atomic mass is 10.2. The van der Waals surface area contributed by atoms with Gasteiger partial charge in [-0.2, -0.15) is 0 Å². The van der Waals surface area contributed by atoms with Crippen LogP contribution in [0, 0.1) is 0 Å². The van der Waals surface area contributed by atoms with E-state index in [0.717, 1.165) is 5.56 Å². The Labute approximate surface area is 92.6 Å². The molecule has 0 amide bonds. The highest BCUT2D eigenvalue weighted by atomic mass is 35.6. The molecule has 0 unspecified atom stereocenters. The first-order valence-corrected chi connectivity index (χ1v) is 4.83. The minimum Gasteiger partial charge on any atom is -0.295 e. The van der Waals surface area contributed by atoms with Crippen LogP contribution in [0.3, 0.4) is 0 Å². The van der Waals surface area contributed by atoms with Crippen LogP contribution in [0.5, 0.6) is 0 Å². The molecule has 0 aliphatic rings. The molecule has 1 aromatic rings. The maximum absolute atomic E-state index is 10.6. The van der Waals surface area contributed by atoms with Crippen molar-refractivity contribution in [3.8, 4) is 0 Å². The van der Waals surface area contributed by atoms with E-state index in [1.165, 1.54) is 0 Å². The van der Waals surface area contributed by atoms with Crippen LogP contribution in [0.25, 0.3) is 0 Å². The molecule has 0 aliphatic carbocycles. The molecule has 0 saturated heterocycles. The van der Waals surface area contributed by atoms with Crippen molar-refractivity contribution < 1.29 is 4.79 Å². The van der Waals surface area contributed by atoms with E-state index in [9.17, 15) is 4.79 Å². The predicted molar refractivity (Wildman–Crippen MR) is 57.8 cm³/mol. The number of carbonyl (C=O) groups is 1. The largest absolute Gasteiger partial charge is 0.295 e. The van der Waals surface area contributed by atoms with Gasteiger partial charge in [0, 0.05) is 5.56 Å². The third-order valence-electron chi connectivity index (χ3n) is 1.18. The minimum absolute atomic E-state index is 0.121. The second-order valence-electron chi connectivity index (χ2n) is 2.17. The SMILES string of the molecule is CC(=O)c1ccccc1.ClC(Cl)Cl. The van der Waals surface area contributed by atoms with Crippen LogP contribution in [0.1, 0.15) is 17.3 Å². The van der Waals surface area contributed by atoms with Gasteiger partial charge in [0.2, 0.25) is 0 Å². The maximum Gasteiger partial charge on any atom is 0.180 e. The minimum atomic E-state index is -0.750. The number of Topliss-reactive ketones (excluding diaryl/α,β-unsaturated/α-hetero) is 1. The van der Waals surface area contributed by atoms with Crippen LogP contribution in [0.15, 0.2) is 30.3 Å². The van der Waals surface area contributed by atoms with E-state index < -0.39 is 4.30 Å². The van der Waals surface area contributed by atoms with Crippen molar-refractivity contribution in [2.24, 2.45) is 0 Å². The quantitative estimate of drug-likeness (QED) is 0.537. The predicted octanol–water partition coefficient (Wildman–Crippen LogP) is 3.88. The molecule has 1 aromatic carbocycles. The van der Waals surface area contributed by atoms with Gasteiger partial charge in [-0.25, -0.2) is 0 Å². The molecule has 72 valence electrons. The number of ketones is 1. The monoisotopic (exact) mass is 238 g/mol. The van der Waals surface area contributed by atoms with Crippen molar-refractivity contribution in [3.05, 3.63) is 35.9 Å². The lowest BCUT2D eigenvalue weighted by molar-refractivity contribution is 0.101. The summed E-state index contributed by atoms with van der Waals surface area (Å²) >= 11 is 14.4. The van der Waals surface area contributed by atoms with E-state index in [4.69, 9.17) is 34.8 Å². The number of hydrogen-bond donors (Lipinski definition) is 0. The second kappa shape index (κ2) is 7.19. The second-order valence-corrected chi connectivity index (χ2v) is 4.15. The molecule has 1 rings (SSSR count). The fourth-order valence-electron chi connectivity index (χ4n) is 0.673. The zero-order chi connectivity index (χ0) is 10.3. The van der Waals surface area contributed by atoms with E-state index in [0.29, 0.717) is 0 Å². The lowest BCUT2D eigenvalue weighted by Crippen LogP contribution is -1.88. The first-order valence-electron chi connectivity index (χ1n) is 3.52. The Morgan fingerprint density at radius 3 is 1.77 bits per heavy atom. The standard InChI is InChI=1S/C8H8O.CHCl3/c1-7(9)8-5-3-2-4-6-8;2-1(3)4/h2-6H,1H3;1H. The summed E-state index contributed by atoms with van der Waals surface area (Å²) in [6.07, 6.45) is 0. The van der Waals surface area contributed by atoms with Crippen molar-refractivity contribution in [2.75, 3.05) is 0 Å². The number of hydrogen-bond acceptors (Lipinski definition) is 1. The lowest BCUT2D eigenvalue weighted by Gasteiger charge is -1.89. The number of rotatable bonds is 1. The molecule has 0 N–H and O–H groups in total. The average Bonchev–Trinajstić information content (AvgIpc) is 2.05. The number of halogens is 3. The third kappa shape index (κ3) is 8.10. The van der Waals surface area contributed by atoms with Crippen molar-refractivity contribution >= 4 is 40.6 Å². The Bertz CT molecular complexity index is 244. The number of alkyl halides is 3. The van der Waals surface area contributed by atoms with Gasteiger partial charge in [-0.1, -0.05) is 65.1 Å². The zero-order valence-electron chi connectivity index (χ0n) is 7.01. The molecule has 0 bridgehead atoms. The summed E-state index contributed by atoms with van der Waals surface area (Å²) in [7, 11) is 0. The van der Waals surface area contributed by atoms with E-state index in [1.54, 1.807) is 6.92 Å². The van der Waals surface area contributed by atoms with Crippen LogP contribution in [-0.4, -0.2) is 10.1 Å². The van der Waals surface area contributed by atoms with Crippen LogP contribution in [0.2, 0.25) is 0 Å². The molecule has 1 nitrogen and oxygen atoms in total. The fourth-order valence-corrected chi connectivity index (χ4v) is 0.673. The Kier molecular flexibility index (Phi) is 7.06. The molecule has 0 radical (unpaired) electrons. The molecule has 0 heterocycles. The van der Waals surface area contributed by atoms with Gasteiger partial charge >= 0.3 is 0 Å². The van der Waals surface area contributed by atoms with Crippen molar-refractivity contribution in [2.45, 2.75) is 11.2 Å². The first kappa shape index (κ1) is 12.8. The highest BCUT2D eigenvalue weighted by Gasteiger charge is 1.92. The van der Waals surface area contributed by atoms with Crippen LogP contribution >= 0.6 is 34.8 Å². The Balaban J connectivity index is 0.000000310. The Morgan fingerprint density at radius 2 is 1.54 bits per heavy atom. The summed E-state index contributed by atoms with van der Waals surface area (Å²) in [4.78, 5) is 10.6. The molecule has 4 heteroatoms. The molecule has 0 aromatic heterocycles. The summed E-state index contributed by atoms with van der Waals surface area (Å²) < 4.78 is -0.750. The summed E-state index contributed by atoms with van der Waals surface area (Å²) in [5.74, 6) is 0.121. The highest BCUT2D eigenvalue weighted by molar-refractivity contribution is 6.63. The van der Waals surface area contributed by atoms with Crippen molar-refractivity contribution in [1.29, 1.82) is 0 Å².